The highest BCUT2D eigenvalue weighted by atomic mass is 28.4. The van der Waals surface area contributed by atoms with Crippen LogP contribution in [0.5, 0.6) is 5.75 Å². The maximum atomic E-state index is 12.7. The summed E-state index contributed by atoms with van der Waals surface area (Å²) in [6.45, 7) is 8.10. The molecular formula is C23H32N2O6Si. The fourth-order valence-corrected chi connectivity index (χ4v) is 6.99. The van der Waals surface area contributed by atoms with Crippen molar-refractivity contribution in [3.8, 4) is 5.75 Å². The van der Waals surface area contributed by atoms with Gasteiger partial charge < -0.3 is 23.1 Å². The molecule has 0 aliphatic rings. The van der Waals surface area contributed by atoms with E-state index in [0.29, 0.717) is 16.9 Å². The third-order valence-corrected chi connectivity index (χ3v) is 9.04. The highest BCUT2D eigenvalue weighted by Gasteiger charge is 2.66. The summed E-state index contributed by atoms with van der Waals surface area (Å²) in [5.41, 5.74) is 1.83. The number of methoxy groups -OCH3 is 1. The minimum absolute atomic E-state index is 0.251. The van der Waals surface area contributed by atoms with E-state index in [1.807, 2.05) is 27.7 Å². The van der Waals surface area contributed by atoms with Crippen molar-refractivity contribution in [3.63, 3.8) is 0 Å². The lowest BCUT2D eigenvalue weighted by Crippen LogP contribution is -2.66. The number of aliphatic carboxylic acids is 1. The van der Waals surface area contributed by atoms with E-state index >= 15 is 0 Å². The first kappa shape index (κ1) is 25.7. The Morgan fingerprint density at radius 1 is 0.844 bits per heavy atom. The Labute approximate surface area is 190 Å². The fraction of sp³-hybridized carbons (Fsp3) is 0.435. The molecule has 1 unspecified atom stereocenters. The molecule has 32 heavy (non-hydrogen) atoms. The van der Waals surface area contributed by atoms with Gasteiger partial charge in [-0.05, 0) is 69.2 Å². The first-order chi connectivity index (χ1) is 15.4. The van der Waals surface area contributed by atoms with Gasteiger partial charge in [0.05, 0.1) is 18.5 Å². The molecule has 8 nitrogen and oxygen atoms in total. The second-order valence-electron chi connectivity index (χ2n) is 6.86. The largest absolute Gasteiger partial charge is 0.523 e. The van der Waals surface area contributed by atoms with Gasteiger partial charge in [0.25, 0.3) is 0 Å². The molecule has 0 aromatic heterocycles. The van der Waals surface area contributed by atoms with Crippen LogP contribution in [-0.2, 0) is 23.1 Å². The average molecular weight is 461 g/mol. The molecule has 0 fully saturated rings. The van der Waals surface area contributed by atoms with Crippen LogP contribution in [-0.4, -0.2) is 46.8 Å². The standard InChI is InChI=1S/C23H32N2O6Si/c1-6-23(22(26)27,32(29-7-2,30-8-3)31-9-4)18-10-12-19(13-11-18)24-25-20-14-16-21(28-5)17-15-20/h10-17H,6-9H2,1-5H3,(H,26,27). The molecule has 0 heterocycles. The van der Waals surface area contributed by atoms with Crippen molar-refractivity contribution in [2.75, 3.05) is 26.9 Å². The molecule has 0 aliphatic heterocycles. The highest BCUT2D eigenvalue weighted by Crippen LogP contribution is 2.41. The first-order valence-electron chi connectivity index (χ1n) is 10.7. The number of nitrogens with zero attached hydrogens (tertiary/aromatic N) is 2. The van der Waals surface area contributed by atoms with Crippen LogP contribution in [0.3, 0.4) is 0 Å². The van der Waals surface area contributed by atoms with Gasteiger partial charge in [-0.15, -0.1) is 0 Å². The molecule has 2 rings (SSSR count). The molecular weight excluding hydrogens is 428 g/mol. The number of carboxylic acids is 1. The van der Waals surface area contributed by atoms with Gasteiger partial charge in [-0.2, -0.15) is 10.2 Å². The van der Waals surface area contributed by atoms with E-state index in [9.17, 15) is 9.90 Å². The monoisotopic (exact) mass is 460 g/mol. The summed E-state index contributed by atoms with van der Waals surface area (Å²) in [7, 11) is -2.04. The Balaban J connectivity index is 2.44. The number of azo groups is 1. The summed E-state index contributed by atoms with van der Waals surface area (Å²) in [6.07, 6.45) is 0.251. The summed E-state index contributed by atoms with van der Waals surface area (Å²) in [6, 6.07) is 14.2. The Bertz CT molecular complexity index is 871. The van der Waals surface area contributed by atoms with Gasteiger partial charge in [0.1, 0.15) is 5.75 Å². The first-order valence-corrected chi connectivity index (χ1v) is 12.5. The Morgan fingerprint density at radius 2 is 1.28 bits per heavy atom. The highest BCUT2D eigenvalue weighted by molar-refractivity contribution is 6.68. The van der Waals surface area contributed by atoms with Gasteiger partial charge in [-0.1, -0.05) is 19.1 Å². The summed E-state index contributed by atoms with van der Waals surface area (Å²) in [5, 5.41) is 17.4. The van der Waals surface area contributed by atoms with Gasteiger partial charge in [0, 0.05) is 19.8 Å². The van der Waals surface area contributed by atoms with Gasteiger partial charge >= 0.3 is 14.8 Å². The van der Waals surface area contributed by atoms with Crippen LogP contribution >= 0.6 is 0 Å². The molecule has 2 aromatic rings. The number of hydrogen-bond donors (Lipinski definition) is 1. The van der Waals surface area contributed by atoms with Crippen LogP contribution < -0.4 is 4.74 Å². The molecule has 0 aliphatic carbocycles. The topological polar surface area (TPSA) is 98.9 Å². The second kappa shape index (κ2) is 11.9. The zero-order valence-electron chi connectivity index (χ0n) is 19.3. The molecule has 9 heteroatoms. The molecule has 1 atom stereocenters. The number of hydrogen-bond acceptors (Lipinski definition) is 7. The van der Waals surface area contributed by atoms with E-state index < -0.39 is 19.8 Å². The molecule has 0 amide bonds. The van der Waals surface area contributed by atoms with Crippen molar-refractivity contribution in [1.82, 2.24) is 0 Å². The van der Waals surface area contributed by atoms with Crippen LogP contribution in [0.25, 0.3) is 0 Å². The lowest BCUT2D eigenvalue weighted by Gasteiger charge is -2.42. The van der Waals surface area contributed by atoms with E-state index in [-0.39, 0.29) is 26.2 Å². The van der Waals surface area contributed by atoms with E-state index in [4.69, 9.17) is 18.0 Å². The maximum absolute atomic E-state index is 12.7. The molecule has 0 saturated carbocycles. The van der Waals surface area contributed by atoms with E-state index in [1.165, 1.54) is 0 Å². The third-order valence-electron chi connectivity index (χ3n) is 5.13. The summed E-state index contributed by atoms with van der Waals surface area (Å²) < 4.78 is 23.1. The van der Waals surface area contributed by atoms with Crippen molar-refractivity contribution >= 4 is 26.1 Å². The molecule has 0 radical (unpaired) electrons. The summed E-state index contributed by atoms with van der Waals surface area (Å²) >= 11 is 0. The van der Waals surface area contributed by atoms with Crippen LogP contribution in [0.15, 0.2) is 58.8 Å². The zero-order chi connectivity index (χ0) is 23.6. The van der Waals surface area contributed by atoms with Crippen LogP contribution in [0.4, 0.5) is 11.4 Å². The van der Waals surface area contributed by atoms with Crippen molar-refractivity contribution in [1.29, 1.82) is 0 Å². The predicted octanol–water partition coefficient (Wildman–Crippen LogP) is 5.43. The quantitative estimate of drug-likeness (QED) is 0.316. The van der Waals surface area contributed by atoms with Crippen LogP contribution in [0, 0.1) is 0 Å². The van der Waals surface area contributed by atoms with E-state index in [0.717, 1.165) is 5.75 Å². The molecule has 1 N–H and O–H groups in total. The zero-order valence-corrected chi connectivity index (χ0v) is 20.3. The van der Waals surface area contributed by atoms with Crippen molar-refractivity contribution in [2.45, 2.75) is 39.2 Å². The van der Waals surface area contributed by atoms with Gasteiger partial charge in [0.15, 0.2) is 5.04 Å². The number of carboxylic acid groups (broad SMARTS) is 1. The fourth-order valence-electron chi connectivity index (χ4n) is 3.64. The lowest BCUT2D eigenvalue weighted by molar-refractivity contribution is -0.143. The van der Waals surface area contributed by atoms with E-state index in [1.54, 1.807) is 55.6 Å². The normalized spacial score (nSPS) is 13.8. The average Bonchev–Trinajstić information content (AvgIpc) is 2.80. The number of rotatable bonds is 13. The van der Waals surface area contributed by atoms with Gasteiger partial charge in [-0.3, -0.25) is 4.79 Å². The molecule has 0 bridgehead atoms. The molecule has 2 aromatic carbocycles. The van der Waals surface area contributed by atoms with Crippen molar-refractivity contribution in [3.05, 3.63) is 54.1 Å². The minimum Gasteiger partial charge on any atom is -0.497 e. The van der Waals surface area contributed by atoms with E-state index in [2.05, 4.69) is 10.2 Å². The van der Waals surface area contributed by atoms with Crippen molar-refractivity contribution < 1.29 is 27.9 Å². The summed E-state index contributed by atoms with van der Waals surface area (Å²) in [5.74, 6) is -0.293. The number of benzene rings is 2. The minimum atomic E-state index is -3.64. The summed E-state index contributed by atoms with van der Waals surface area (Å²) in [4.78, 5) is 12.7. The Morgan fingerprint density at radius 3 is 1.62 bits per heavy atom. The van der Waals surface area contributed by atoms with Gasteiger partial charge in [-0.25, -0.2) is 0 Å². The maximum Gasteiger partial charge on any atom is 0.523 e. The predicted molar refractivity (Wildman–Crippen MR) is 124 cm³/mol. The molecule has 174 valence electrons. The number of ether oxygens (including phenoxy) is 1. The van der Waals surface area contributed by atoms with Crippen LogP contribution in [0.2, 0.25) is 0 Å². The smallest absolute Gasteiger partial charge is 0.497 e. The molecule has 0 saturated heterocycles. The Hall–Kier alpha value is -2.59. The van der Waals surface area contributed by atoms with Crippen molar-refractivity contribution in [2.24, 2.45) is 10.2 Å². The third kappa shape index (κ3) is 5.24. The van der Waals surface area contributed by atoms with Gasteiger partial charge in [0.2, 0.25) is 0 Å². The Kier molecular flexibility index (Phi) is 9.52. The SMILES string of the molecule is CCO[Si](OCC)(OCC)C(CC)(C(=O)O)c1ccc(N=Nc2ccc(OC)cc2)cc1. The second-order valence-corrected chi connectivity index (χ2v) is 9.70. The lowest BCUT2D eigenvalue weighted by atomic mass is 9.95. The molecule has 0 spiro atoms. The van der Waals surface area contributed by atoms with Crippen LogP contribution in [0.1, 0.15) is 39.7 Å². The number of carbonyl (C=O) groups is 1.